The topological polar surface area (TPSA) is 64.3 Å². The van der Waals surface area contributed by atoms with E-state index in [1.54, 1.807) is 6.92 Å². The van der Waals surface area contributed by atoms with Gasteiger partial charge in [-0.15, -0.1) is 0 Å². The first kappa shape index (κ1) is 17.3. The minimum absolute atomic E-state index is 0.338. The van der Waals surface area contributed by atoms with Crippen molar-refractivity contribution in [3.05, 3.63) is 64.7 Å². The van der Waals surface area contributed by atoms with E-state index in [1.165, 1.54) is 0 Å². The Morgan fingerprint density at radius 1 is 1.26 bits per heavy atom. The zero-order chi connectivity index (χ0) is 16.7. The third kappa shape index (κ3) is 5.58. The second-order valence-electron chi connectivity index (χ2n) is 5.35. The van der Waals surface area contributed by atoms with E-state index in [1.807, 2.05) is 48.5 Å². The van der Waals surface area contributed by atoms with Crippen LogP contribution in [0.15, 0.2) is 48.5 Å². The molecule has 0 aromatic heterocycles. The maximum absolute atomic E-state index is 11.0. The average molecular weight is 333 g/mol. The highest BCUT2D eigenvalue weighted by molar-refractivity contribution is 6.30. The van der Waals surface area contributed by atoms with E-state index in [0.29, 0.717) is 18.2 Å². The summed E-state index contributed by atoms with van der Waals surface area (Å²) in [6.07, 6.45) is 0.753. The molecule has 0 heterocycles. The number of benzene rings is 2. The number of carbonyl (C=O) groups is 1. The number of nitrogens with one attached hydrogen (secondary N) is 1. The van der Waals surface area contributed by atoms with Gasteiger partial charge in [0.1, 0.15) is 12.4 Å². The fourth-order valence-electron chi connectivity index (χ4n) is 2.16. The van der Waals surface area contributed by atoms with Gasteiger partial charge in [0.15, 0.2) is 0 Å². The lowest BCUT2D eigenvalue weighted by Gasteiger charge is -2.13. The molecule has 0 bridgehead atoms. The van der Waals surface area contributed by atoms with Gasteiger partial charge in [-0.05, 0) is 42.7 Å². The van der Waals surface area contributed by atoms with Crippen LogP contribution in [0, 0.1) is 0 Å². The molecule has 4 nitrogen and oxygen atoms in total. The molecule has 1 atom stereocenters. The predicted octanol–water partition coefficient (Wildman–Crippen LogP) is 2.92. The Balaban J connectivity index is 1.93. The summed E-state index contributed by atoms with van der Waals surface area (Å²) in [5, 5.41) is 3.79. The van der Waals surface area contributed by atoms with E-state index in [9.17, 15) is 4.79 Å². The van der Waals surface area contributed by atoms with Crippen molar-refractivity contribution in [1.82, 2.24) is 5.32 Å². The van der Waals surface area contributed by atoms with E-state index in [-0.39, 0.29) is 11.9 Å². The molecule has 3 N–H and O–H groups in total. The van der Waals surface area contributed by atoms with Gasteiger partial charge in [-0.2, -0.15) is 0 Å². The van der Waals surface area contributed by atoms with Crippen LogP contribution in [0.5, 0.6) is 5.75 Å². The van der Waals surface area contributed by atoms with Crippen molar-refractivity contribution in [3.8, 4) is 5.75 Å². The molecule has 0 fully saturated rings. The van der Waals surface area contributed by atoms with Gasteiger partial charge in [-0.25, -0.2) is 0 Å². The Hall–Kier alpha value is -2.04. The second-order valence-corrected chi connectivity index (χ2v) is 5.79. The summed E-state index contributed by atoms with van der Waals surface area (Å²) in [5.74, 6) is 0.483. The van der Waals surface area contributed by atoms with E-state index in [4.69, 9.17) is 22.1 Å². The van der Waals surface area contributed by atoms with E-state index < -0.39 is 0 Å². The fourth-order valence-corrected chi connectivity index (χ4v) is 2.38. The highest BCUT2D eigenvalue weighted by atomic mass is 35.5. The van der Waals surface area contributed by atoms with Crippen LogP contribution in [0.25, 0.3) is 0 Å². The lowest BCUT2D eigenvalue weighted by Crippen LogP contribution is -2.39. The number of ether oxygens (including phenoxy) is 1. The lowest BCUT2D eigenvalue weighted by atomic mass is 10.1. The van der Waals surface area contributed by atoms with Crippen LogP contribution in [0.1, 0.15) is 18.1 Å². The fraction of sp³-hybridized carbons (Fsp3) is 0.278. The summed E-state index contributed by atoms with van der Waals surface area (Å²) in [6, 6.07) is 15.1. The van der Waals surface area contributed by atoms with Crippen LogP contribution in [0.4, 0.5) is 0 Å². The lowest BCUT2D eigenvalue weighted by molar-refractivity contribution is -0.119. The first-order valence-corrected chi connectivity index (χ1v) is 7.92. The third-order valence-electron chi connectivity index (χ3n) is 3.53. The maximum atomic E-state index is 11.0. The molecular weight excluding hydrogens is 312 g/mol. The molecule has 0 saturated carbocycles. The molecule has 5 heteroatoms. The molecular formula is C18H21ClN2O2. The smallest absolute Gasteiger partial charge is 0.234 e. The number of amides is 1. The van der Waals surface area contributed by atoms with Gasteiger partial charge < -0.3 is 15.8 Å². The van der Waals surface area contributed by atoms with Crippen LogP contribution >= 0.6 is 11.6 Å². The van der Waals surface area contributed by atoms with Gasteiger partial charge in [0, 0.05) is 11.6 Å². The zero-order valence-electron chi connectivity index (χ0n) is 13.1. The van der Waals surface area contributed by atoms with Crippen LogP contribution in [0.3, 0.4) is 0 Å². The SMILES string of the molecule is CC(NCCc1ccccc1OCc1cccc(Cl)c1)C(N)=O. The normalized spacial score (nSPS) is 11.9. The van der Waals surface area contributed by atoms with Crippen molar-refractivity contribution in [2.75, 3.05) is 6.54 Å². The standard InChI is InChI=1S/C18H21ClN2O2/c1-13(18(20)22)21-10-9-15-6-2-3-8-17(15)23-12-14-5-4-7-16(19)11-14/h2-8,11,13,21H,9-10,12H2,1H3,(H2,20,22). The monoisotopic (exact) mass is 332 g/mol. The van der Waals surface area contributed by atoms with Crippen LogP contribution in [-0.2, 0) is 17.8 Å². The quantitative estimate of drug-likeness (QED) is 0.781. The Kier molecular flexibility index (Phi) is 6.44. The first-order valence-electron chi connectivity index (χ1n) is 7.54. The van der Waals surface area contributed by atoms with Crippen molar-refractivity contribution in [2.45, 2.75) is 26.0 Å². The molecule has 0 saturated heterocycles. The van der Waals surface area contributed by atoms with Crippen molar-refractivity contribution in [1.29, 1.82) is 0 Å². The number of hydrogen-bond acceptors (Lipinski definition) is 3. The molecule has 2 aromatic carbocycles. The molecule has 0 radical (unpaired) electrons. The van der Waals surface area contributed by atoms with Crippen LogP contribution in [-0.4, -0.2) is 18.5 Å². The Labute approximate surface area is 141 Å². The summed E-state index contributed by atoms with van der Waals surface area (Å²) in [4.78, 5) is 11.0. The van der Waals surface area contributed by atoms with Crippen molar-refractivity contribution in [2.24, 2.45) is 5.73 Å². The minimum atomic E-state index is -0.351. The van der Waals surface area contributed by atoms with Crippen molar-refractivity contribution < 1.29 is 9.53 Å². The van der Waals surface area contributed by atoms with Crippen LogP contribution in [0.2, 0.25) is 5.02 Å². The zero-order valence-corrected chi connectivity index (χ0v) is 13.8. The van der Waals surface area contributed by atoms with Gasteiger partial charge >= 0.3 is 0 Å². The molecule has 0 aliphatic heterocycles. The number of rotatable bonds is 8. The minimum Gasteiger partial charge on any atom is -0.489 e. The summed E-state index contributed by atoms with van der Waals surface area (Å²) in [6.45, 7) is 2.87. The van der Waals surface area contributed by atoms with E-state index in [0.717, 1.165) is 23.3 Å². The summed E-state index contributed by atoms with van der Waals surface area (Å²) in [7, 11) is 0. The number of halogens is 1. The van der Waals surface area contributed by atoms with Crippen molar-refractivity contribution in [3.63, 3.8) is 0 Å². The maximum Gasteiger partial charge on any atom is 0.234 e. The molecule has 23 heavy (non-hydrogen) atoms. The average Bonchev–Trinajstić information content (AvgIpc) is 2.54. The predicted molar refractivity (Wildman–Crippen MR) is 92.6 cm³/mol. The molecule has 122 valence electrons. The Bertz CT molecular complexity index is 661. The Morgan fingerprint density at radius 2 is 2.04 bits per heavy atom. The third-order valence-corrected chi connectivity index (χ3v) is 3.76. The molecule has 1 amide bonds. The Morgan fingerprint density at radius 3 is 2.78 bits per heavy atom. The summed E-state index contributed by atoms with van der Waals surface area (Å²) < 4.78 is 5.91. The molecule has 2 rings (SSSR count). The first-order chi connectivity index (χ1) is 11.1. The van der Waals surface area contributed by atoms with Gasteiger partial charge in [0.2, 0.25) is 5.91 Å². The highest BCUT2D eigenvalue weighted by Crippen LogP contribution is 2.20. The highest BCUT2D eigenvalue weighted by Gasteiger charge is 2.08. The summed E-state index contributed by atoms with van der Waals surface area (Å²) >= 11 is 5.98. The van der Waals surface area contributed by atoms with Gasteiger partial charge in [0.25, 0.3) is 0 Å². The molecule has 0 aliphatic rings. The largest absolute Gasteiger partial charge is 0.489 e. The second kappa shape index (κ2) is 8.56. The summed E-state index contributed by atoms with van der Waals surface area (Å²) in [5.41, 5.74) is 7.34. The molecule has 1 unspecified atom stereocenters. The van der Waals surface area contributed by atoms with E-state index in [2.05, 4.69) is 5.32 Å². The van der Waals surface area contributed by atoms with Crippen molar-refractivity contribution >= 4 is 17.5 Å². The molecule has 0 aliphatic carbocycles. The number of para-hydroxylation sites is 1. The number of carbonyl (C=O) groups excluding carboxylic acids is 1. The molecule has 2 aromatic rings. The van der Waals surface area contributed by atoms with E-state index >= 15 is 0 Å². The number of nitrogens with two attached hydrogens (primary N) is 1. The number of primary amides is 1. The van der Waals surface area contributed by atoms with Gasteiger partial charge in [-0.3, -0.25) is 4.79 Å². The van der Waals surface area contributed by atoms with Gasteiger partial charge in [0.05, 0.1) is 6.04 Å². The van der Waals surface area contributed by atoms with Gasteiger partial charge in [-0.1, -0.05) is 41.9 Å². The van der Waals surface area contributed by atoms with Crippen LogP contribution < -0.4 is 15.8 Å². The number of hydrogen-bond donors (Lipinski definition) is 2. The molecule has 0 spiro atoms.